The van der Waals surface area contributed by atoms with Crippen molar-refractivity contribution in [3.8, 4) is 0 Å². The Morgan fingerprint density at radius 2 is 2.05 bits per heavy atom. The molecule has 0 aliphatic heterocycles. The predicted molar refractivity (Wildman–Crippen MR) is 80.4 cm³/mol. The van der Waals surface area contributed by atoms with Crippen molar-refractivity contribution in [3.63, 3.8) is 0 Å². The molecule has 106 valence electrons. The van der Waals surface area contributed by atoms with Gasteiger partial charge in [0.2, 0.25) is 0 Å². The van der Waals surface area contributed by atoms with Crippen LogP contribution in [0.2, 0.25) is 0 Å². The Bertz CT molecular complexity index is 365. The normalized spacial score (nSPS) is 10.4. The number of thioether (sulfide) groups is 1. The Hall–Kier alpha value is -1.00. The third-order valence-corrected chi connectivity index (χ3v) is 3.80. The van der Waals surface area contributed by atoms with E-state index in [0.717, 1.165) is 31.7 Å². The summed E-state index contributed by atoms with van der Waals surface area (Å²) < 4.78 is 4.61. The zero-order chi connectivity index (χ0) is 13.9. The second kappa shape index (κ2) is 9.87. The van der Waals surface area contributed by atoms with E-state index in [0.29, 0.717) is 6.42 Å². The lowest BCUT2D eigenvalue weighted by atomic mass is 10.2. The van der Waals surface area contributed by atoms with Gasteiger partial charge < -0.3 is 10.1 Å². The average Bonchev–Trinajstić information content (AvgIpc) is 2.45. The summed E-state index contributed by atoms with van der Waals surface area (Å²) in [6, 6.07) is 8.61. The minimum atomic E-state index is -0.127. The van der Waals surface area contributed by atoms with Crippen molar-refractivity contribution < 1.29 is 9.53 Å². The van der Waals surface area contributed by atoms with Gasteiger partial charge in [-0.2, -0.15) is 0 Å². The van der Waals surface area contributed by atoms with Gasteiger partial charge in [0, 0.05) is 17.9 Å². The first-order chi connectivity index (χ1) is 9.26. The molecule has 0 bridgehead atoms. The Balaban J connectivity index is 2.22. The molecule has 0 aliphatic rings. The van der Waals surface area contributed by atoms with Crippen LogP contribution in [0.5, 0.6) is 0 Å². The molecular formula is C15H23NO2S. The lowest BCUT2D eigenvalue weighted by Crippen LogP contribution is -2.13. The molecule has 1 aromatic rings. The van der Waals surface area contributed by atoms with Gasteiger partial charge in [-0.15, -0.1) is 11.8 Å². The second-order valence-corrected chi connectivity index (χ2v) is 5.52. The van der Waals surface area contributed by atoms with Crippen molar-refractivity contribution in [1.82, 2.24) is 5.32 Å². The molecule has 1 aromatic carbocycles. The van der Waals surface area contributed by atoms with Crippen molar-refractivity contribution in [2.75, 3.05) is 19.4 Å². The van der Waals surface area contributed by atoms with E-state index in [1.54, 1.807) is 11.8 Å². The van der Waals surface area contributed by atoms with Crippen LogP contribution in [0.15, 0.2) is 29.2 Å². The molecule has 19 heavy (non-hydrogen) atoms. The van der Waals surface area contributed by atoms with Gasteiger partial charge >= 0.3 is 5.97 Å². The number of methoxy groups -OCH3 is 1. The summed E-state index contributed by atoms with van der Waals surface area (Å²) in [6.07, 6.45) is 2.52. The fraction of sp³-hybridized carbons (Fsp3) is 0.533. The van der Waals surface area contributed by atoms with E-state index in [9.17, 15) is 4.79 Å². The fourth-order valence-electron chi connectivity index (χ4n) is 1.62. The molecule has 0 radical (unpaired) electrons. The molecule has 0 aromatic heterocycles. The molecule has 0 amide bonds. The van der Waals surface area contributed by atoms with Crippen LogP contribution in [0.4, 0.5) is 0 Å². The molecule has 1 rings (SSSR count). The summed E-state index contributed by atoms with van der Waals surface area (Å²) in [7, 11) is 1.43. The topological polar surface area (TPSA) is 38.3 Å². The highest BCUT2D eigenvalue weighted by molar-refractivity contribution is 7.99. The van der Waals surface area contributed by atoms with E-state index >= 15 is 0 Å². The Morgan fingerprint density at radius 3 is 2.68 bits per heavy atom. The number of esters is 1. The number of carbonyl (C=O) groups excluding carboxylic acids is 1. The molecule has 0 fully saturated rings. The first kappa shape index (κ1) is 16.1. The minimum absolute atomic E-state index is 0.127. The summed E-state index contributed by atoms with van der Waals surface area (Å²) in [4.78, 5) is 12.2. The van der Waals surface area contributed by atoms with Crippen molar-refractivity contribution in [2.24, 2.45) is 0 Å². The van der Waals surface area contributed by atoms with Crippen molar-refractivity contribution >= 4 is 17.7 Å². The van der Waals surface area contributed by atoms with Crippen LogP contribution in [0.25, 0.3) is 0 Å². The third kappa shape index (κ3) is 7.23. The molecule has 0 heterocycles. The Kier molecular flexibility index (Phi) is 8.34. The van der Waals surface area contributed by atoms with Gasteiger partial charge in [0.1, 0.15) is 0 Å². The van der Waals surface area contributed by atoms with E-state index in [4.69, 9.17) is 0 Å². The number of nitrogens with one attached hydrogen (secondary N) is 1. The molecule has 4 heteroatoms. The molecule has 0 aliphatic carbocycles. The summed E-state index contributed by atoms with van der Waals surface area (Å²) in [5.74, 6) is 0.820. The van der Waals surface area contributed by atoms with Crippen LogP contribution in [0.1, 0.15) is 31.7 Å². The van der Waals surface area contributed by atoms with Gasteiger partial charge in [-0.3, -0.25) is 4.79 Å². The maximum absolute atomic E-state index is 11.0. The number of hydrogen-bond acceptors (Lipinski definition) is 4. The summed E-state index contributed by atoms with van der Waals surface area (Å²) in [5, 5.41) is 3.38. The van der Waals surface area contributed by atoms with Crippen molar-refractivity contribution in [3.05, 3.63) is 29.8 Å². The van der Waals surface area contributed by atoms with E-state index in [-0.39, 0.29) is 5.97 Å². The zero-order valence-corrected chi connectivity index (χ0v) is 12.6. The molecule has 3 nitrogen and oxygen atoms in total. The third-order valence-electron chi connectivity index (χ3n) is 2.70. The van der Waals surface area contributed by atoms with Crippen molar-refractivity contribution in [1.29, 1.82) is 0 Å². The average molecular weight is 281 g/mol. The van der Waals surface area contributed by atoms with Crippen LogP contribution in [-0.4, -0.2) is 25.4 Å². The number of carbonyl (C=O) groups is 1. The summed E-state index contributed by atoms with van der Waals surface area (Å²) >= 11 is 1.78. The van der Waals surface area contributed by atoms with Gasteiger partial charge in [0.05, 0.1) is 7.11 Å². The van der Waals surface area contributed by atoms with E-state index < -0.39 is 0 Å². The smallest absolute Gasteiger partial charge is 0.305 e. The number of hydrogen-bond donors (Lipinski definition) is 1. The SMILES string of the molecule is CCCNCc1ccc(SCCCC(=O)OC)cc1. The van der Waals surface area contributed by atoms with E-state index in [1.165, 1.54) is 17.6 Å². The highest BCUT2D eigenvalue weighted by Gasteiger charge is 2.00. The number of rotatable bonds is 9. The van der Waals surface area contributed by atoms with Gasteiger partial charge in [0.15, 0.2) is 0 Å². The first-order valence-electron chi connectivity index (χ1n) is 6.75. The Labute approximate surface area is 120 Å². The molecular weight excluding hydrogens is 258 g/mol. The molecule has 0 saturated carbocycles. The van der Waals surface area contributed by atoms with Gasteiger partial charge in [-0.25, -0.2) is 0 Å². The highest BCUT2D eigenvalue weighted by atomic mass is 32.2. The molecule has 0 spiro atoms. The lowest BCUT2D eigenvalue weighted by Gasteiger charge is -2.05. The molecule has 0 unspecified atom stereocenters. The quantitative estimate of drug-likeness (QED) is 0.428. The fourth-order valence-corrected chi connectivity index (χ4v) is 2.47. The van der Waals surface area contributed by atoms with Gasteiger partial charge in [-0.1, -0.05) is 19.1 Å². The second-order valence-electron chi connectivity index (χ2n) is 4.35. The monoisotopic (exact) mass is 281 g/mol. The first-order valence-corrected chi connectivity index (χ1v) is 7.74. The standard InChI is InChI=1S/C15H23NO2S/c1-3-10-16-12-13-6-8-14(9-7-13)19-11-4-5-15(17)18-2/h6-9,16H,3-5,10-12H2,1-2H3. The van der Waals surface area contributed by atoms with Crippen LogP contribution in [0, 0.1) is 0 Å². The summed E-state index contributed by atoms with van der Waals surface area (Å²) in [6.45, 7) is 4.16. The maximum atomic E-state index is 11.0. The maximum Gasteiger partial charge on any atom is 0.305 e. The number of benzene rings is 1. The van der Waals surface area contributed by atoms with E-state index in [2.05, 4.69) is 41.2 Å². The molecule has 0 atom stereocenters. The van der Waals surface area contributed by atoms with Crippen LogP contribution in [-0.2, 0) is 16.1 Å². The van der Waals surface area contributed by atoms with Crippen molar-refractivity contribution in [2.45, 2.75) is 37.6 Å². The zero-order valence-electron chi connectivity index (χ0n) is 11.8. The minimum Gasteiger partial charge on any atom is -0.469 e. The van der Waals surface area contributed by atoms with E-state index in [1.807, 2.05) is 0 Å². The number of ether oxygens (including phenoxy) is 1. The lowest BCUT2D eigenvalue weighted by molar-refractivity contribution is -0.140. The largest absolute Gasteiger partial charge is 0.469 e. The predicted octanol–water partition coefficient (Wildman–Crippen LogP) is 3.23. The summed E-state index contributed by atoms with van der Waals surface area (Å²) in [5.41, 5.74) is 1.31. The van der Waals surface area contributed by atoms with Crippen LogP contribution < -0.4 is 5.32 Å². The van der Waals surface area contributed by atoms with Gasteiger partial charge in [0.25, 0.3) is 0 Å². The molecule has 1 N–H and O–H groups in total. The molecule has 0 saturated heterocycles. The highest BCUT2D eigenvalue weighted by Crippen LogP contribution is 2.19. The van der Waals surface area contributed by atoms with Crippen LogP contribution >= 0.6 is 11.8 Å². The van der Waals surface area contributed by atoms with Crippen LogP contribution in [0.3, 0.4) is 0 Å². The van der Waals surface area contributed by atoms with Gasteiger partial charge in [-0.05, 0) is 42.8 Å². The Morgan fingerprint density at radius 1 is 1.32 bits per heavy atom.